The Bertz CT molecular complexity index is 528. The van der Waals surface area contributed by atoms with Gasteiger partial charge in [-0.05, 0) is 31.4 Å². The Morgan fingerprint density at radius 1 is 1.38 bits per heavy atom. The highest BCUT2D eigenvalue weighted by molar-refractivity contribution is 5.92. The Hall–Kier alpha value is -1.82. The van der Waals surface area contributed by atoms with E-state index < -0.39 is 11.4 Å². The monoisotopic (exact) mass is 295 g/mol. The first-order valence-corrected chi connectivity index (χ1v) is 7.17. The number of hydrogen-bond donors (Lipinski definition) is 2. The summed E-state index contributed by atoms with van der Waals surface area (Å²) in [6.07, 6.45) is 1.52. The number of ether oxygens (including phenoxy) is 1. The fourth-order valence-corrected chi connectivity index (χ4v) is 2.55. The maximum absolute atomic E-state index is 12.1. The minimum absolute atomic E-state index is 0.0890. The van der Waals surface area contributed by atoms with Gasteiger partial charge < -0.3 is 19.6 Å². The van der Waals surface area contributed by atoms with Gasteiger partial charge in [-0.1, -0.05) is 6.92 Å². The van der Waals surface area contributed by atoms with E-state index in [1.165, 1.54) is 0 Å². The van der Waals surface area contributed by atoms with Crippen LogP contribution < -0.4 is 5.32 Å². The molecule has 1 fully saturated rings. The van der Waals surface area contributed by atoms with Crippen molar-refractivity contribution in [1.82, 2.24) is 5.32 Å². The second-order valence-corrected chi connectivity index (χ2v) is 5.45. The van der Waals surface area contributed by atoms with Crippen molar-refractivity contribution in [2.45, 2.75) is 33.1 Å². The zero-order valence-electron chi connectivity index (χ0n) is 12.4. The third-order valence-corrected chi connectivity index (χ3v) is 4.06. The first kappa shape index (κ1) is 15.6. The third kappa shape index (κ3) is 3.26. The molecule has 0 aliphatic carbocycles. The summed E-state index contributed by atoms with van der Waals surface area (Å²) in [5, 5.41) is 12.1. The van der Waals surface area contributed by atoms with Crippen LogP contribution in [0, 0.1) is 12.3 Å². The van der Waals surface area contributed by atoms with E-state index in [4.69, 9.17) is 9.15 Å². The smallest absolute Gasteiger partial charge is 0.311 e. The Morgan fingerprint density at radius 3 is 2.57 bits per heavy atom. The topological polar surface area (TPSA) is 88.8 Å². The Morgan fingerprint density at radius 2 is 2.05 bits per heavy atom. The lowest BCUT2D eigenvalue weighted by atomic mass is 9.80. The molecule has 1 amide bonds. The molecule has 1 saturated heterocycles. The maximum Gasteiger partial charge on any atom is 0.311 e. The van der Waals surface area contributed by atoms with Crippen molar-refractivity contribution >= 4 is 11.9 Å². The van der Waals surface area contributed by atoms with E-state index in [1.807, 2.05) is 13.8 Å². The molecule has 0 bridgehead atoms. The molecule has 2 N–H and O–H groups in total. The zero-order valence-corrected chi connectivity index (χ0v) is 12.4. The van der Waals surface area contributed by atoms with Gasteiger partial charge in [-0.15, -0.1) is 0 Å². The van der Waals surface area contributed by atoms with Crippen LogP contribution in [0.25, 0.3) is 0 Å². The van der Waals surface area contributed by atoms with Crippen LogP contribution in [0.15, 0.2) is 10.5 Å². The molecule has 0 unspecified atom stereocenters. The van der Waals surface area contributed by atoms with E-state index in [-0.39, 0.29) is 18.2 Å². The lowest BCUT2D eigenvalue weighted by Crippen LogP contribution is -2.46. The molecule has 0 radical (unpaired) electrons. The van der Waals surface area contributed by atoms with E-state index in [0.29, 0.717) is 26.1 Å². The predicted molar refractivity (Wildman–Crippen MR) is 75.3 cm³/mol. The number of hydrogen-bond acceptors (Lipinski definition) is 4. The summed E-state index contributed by atoms with van der Waals surface area (Å²) in [4.78, 5) is 23.6. The number of carbonyl (C=O) groups is 2. The first-order chi connectivity index (χ1) is 9.98. The van der Waals surface area contributed by atoms with E-state index in [2.05, 4.69) is 5.32 Å². The van der Waals surface area contributed by atoms with Gasteiger partial charge in [-0.25, -0.2) is 0 Å². The molecule has 6 nitrogen and oxygen atoms in total. The molecule has 6 heteroatoms. The van der Waals surface area contributed by atoms with Crippen LogP contribution in [-0.2, 0) is 16.0 Å². The van der Waals surface area contributed by atoms with Crippen molar-refractivity contribution in [2.24, 2.45) is 5.41 Å². The minimum atomic E-state index is -0.941. The summed E-state index contributed by atoms with van der Waals surface area (Å²) >= 11 is 0. The van der Waals surface area contributed by atoms with Gasteiger partial charge in [0.2, 0.25) is 0 Å². The summed E-state index contributed by atoms with van der Waals surface area (Å²) < 4.78 is 10.7. The lowest BCUT2D eigenvalue weighted by molar-refractivity contribution is -0.154. The summed E-state index contributed by atoms with van der Waals surface area (Å²) in [5.74, 6) is -0.253. The molecule has 1 aromatic heterocycles. The normalized spacial score (nSPS) is 17.4. The number of amides is 1. The van der Waals surface area contributed by atoms with Crippen molar-refractivity contribution in [3.05, 3.63) is 23.2 Å². The third-order valence-electron chi connectivity index (χ3n) is 4.06. The summed E-state index contributed by atoms with van der Waals surface area (Å²) in [7, 11) is 0. The van der Waals surface area contributed by atoms with E-state index in [1.54, 1.807) is 6.07 Å². The Labute approximate surface area is 123 Å². The molecule has 2 heterocycles. The van der Waals surface area contributed by atoms with Gasteiger partial charge in [0, 0.05) is 26.2 Å². The molecule has 1 aliphatic heterocycles. The molecular weight excluding hydrogens is 274 g/mol. The minimum Gasteiger partial charge on any atom is -0.481 e. The van der Waals surface area contributed by atoms with Gasteiger partial charge in [0.1, 0.15) is 5.76 Å². The van der Waals surface area contributed by atoms with Crippen molar-refractivity contribution in [1.29, 1.82) is 0 Å². The number of carboxylic acids is 1. The second-order valence-electron chi connectivity index (χ2n) is 5.45. The summed E-state index contributed by atoms with van der Waals surface area (Å²) in [6.45, 7) is 4.74. The van der Waals surface area contributed by atoms with Crippen LogP contribution in [0.5, 0.6) is 0 Å². The highest BCUT2D eigenvalue weighted by Crippen LogP contribution is 2.30. The highest BCUT2D eigenvalue weighted by atomic mass is 16.5. The van der Waals surface area contributed by atoms with Gasteiger partial charge >= 0.3 is 5.97 Å². The molecule has 2 rings (SSSR count). The standard InChI is InChI=1S/C15H21NO5/c1-3-11-10(2)8-12(21-11)13(17)16-9-15(14(18)19)4-6-20-7-5-15/h8H,3-7,9H2,1-2H3,(H,16,17)(H,18,19). The molecule has 1 aromatic rings. The SMILES string of the molecule is CCc1oc(C(=O)NCC2(C(=O)O)CCOCC2)cc1C. The van der Waals surface area contributed by atoms with E-state index in [0.717, 1.165) is 17.7 Å². The quantitative estimate of drug-likeness (QED) is 0.864. The predicted octanol–water partition coefficient (Wildman–Crippen LogP) is 1.76. The lowest BCUT2D eigenvalue weighted by Gasteiger charge is -2.32. The average molecular weight is 295 g/mol. The maximum atomic E-state index is 12.1. The number of rotatable bonds is 5. The number of aryl methyl sites for hydroxylation is 2. The summed E-state index contributed by atoms with van der Waals surface area (Å²) in [6, 6.07) is 1.69. The van der Waals surface area contributed by atoms with Crippen LogP contribution in [0.3, 0.4) is 0 Å². The van der Waals surface area contributed by atoms with Crippen LogP contribution >= 0.6 is 0 Å². The molecule has 0 spiro atoms. The largest absolute Gasteiger partial charge is 0.481 e. The Balaban J connectivity index is 2.03. The molecule has 0 atom stereocenters. The molecule has 0 aromatic carbocycles. The molecule has 21 heavy (non-hydrogen) atoms. The van der Waals surface area contributed by atoms with Crippen molar-refractivity contribution in [2.75, 3.05) is 19.8 Å². The first-order valence-electron chi connectivity index (χ1n) is 7.17. The zero-order chi connectivity index (χ0) is 15.5. The van der Waals surface area contributed by atoms with Crippen LogP contribution in [-0.4, -0.2) is 36.7 Å². The second kappa shape index (κ2) is 6.30. The van der Waals surface area contributed by atoms with Gasteiger partial charge in [-0.3, -0.25) is 9.59 Å². The van der Waals surface area contributed by atoms with Gasteiger partial charge in [-0.2, -0.15) is 0 Å². The van der Waals surface area contributed by atoms with Crippen molar-refractivity contribution in [3.63, 3.8) is 0 Å². The van der Waals surface area contributed by atoms with Crippen molar-refractivity contribution < 1.29 is 23.8 Å². The van der Waals surface area contributed by atoms with Crippen LogP contribution in [0.1, 0.15) is 41.6 Å². The molecule has 0 saturated carbocycles. The van der Waals surface area contributed by atoms with Gasteiger partial charge in [0.25, 0.3) is 5.91 Å². The molecular formula is C15H21NO5. The van der Waals surface area contributed by atoms with Gasteiger partial charge in [0.05, 0.1) is 5.41 Å². The molecule has 116 valence electrons. The average Bonchev–Trinajstić information content (AvgIpc) is 2.86. The number of furan rings is 1. The fraction of sp³-hybridized carbons (Fsp3) is 0.600. The fourth-order valence-electron chi connectivity index (χ4n) is 2.55. The number of carbonyl (C=O) groups excluding carboxylic acids is 1. The Kier molecular flexibility index (Phi) is 4.67. The van der Waals surface area contributed by atoms with E-state index in [9.17, 15) is 14.7 Å². The van der Waals surface area contributed by atoms with Crippen LogP contribution in [0.2, 0.25) is 0 Å². The number of nitrogens with one attached hydrogen (secondary N) is 1. The number of carboxylic acid groups (broad SMARTS) is 1. The highest BCUT2D eigenvalue weighted by Gasteiger charge is 2.40. The molecule has 1 aliphatic rings. The summed E-state index contributed by atoms with van der Waals surface area (Å²) in [5.41, 5.74) is -0.00924. The van der Waals surface area contributed by atoms with Crippen LogP contribution in [0.4, 0.5) is 0 Å². The van der Waals surface area contributed by atoms with E-state index >= 15 is 0 Å². The van der Waals surface area contributed by atoms with Crippen molar-refractivity contribution in [3.8, 4) is 0 Å². The van der Waals surface area contributed by atoms with Gasteiger partial charge in [0.15, 0.2) is 5.76 Å². The number of aliphatic carboxylic acids is 1.